The van der Waals surface area contributed by atoms with E-state index in [-0.39, 0.29) is 11.1 Å². The average Bonchev–Trinajstić information content (AvgIpc) is 2.46. The zero-order valence-corrected chi connectivity index (χ0v) is 13.3. The fourth-order valence-electron chi connectivity index (χ4n) is 2.33. The largest absolute Gasteiger partial charge is 0.494 e. The van der Waals surface area contributed by atoms with Crippen LogP contribution in [-0.4, -0.2) is 7.11 Å². The summed E-state index contributed by atoms with van der Waals surface area (Å²) in [5.41, 5.74) is 2.99. The van der Waals surface area contributed by atoms with Crippen LogP contribution in [0.4, 0.5) is 4.39 Å². The third-order valence-electron chi connectivity index (χ3n) is 3.38. The summed E-state index contributed by atoms with van der Waals surface area (Å²) in [6, 6.07) is 13.0. The van der Waals surface area contributed by atoms with E-state index >= 15 is 0 Å². The molecule has 0 fully saturated rings. The van der Waals surface area contributed by atoms with Gasteiger partial charge in [-0.05, 0) is 41.2 Å². The second-order valence-electron chi connectivity index (χ2n) is 5.60. The van der Waals surface area contributed by atoms with E-state index < -0.39 is 5.82 Å². The van der Waals surface area contributed by atoms with E-state index in [1.165, 1.54) is 18.7 Å². The molecule has 3 heteroatoms. The predicted molar refractivity (Wildman–Crippen MR) is 85.6 cm³/mol. The van der Waals surface area contributed by atoms with E-state index in [0.717, 1.165) is 17.5 Å². The van der Waals surface area contributed by atoms with Gasteiger partial charge < -0.3 is 4.74 Å². The van der Waals surface area contributed by atoms with Crippen molar-refractivity contribution in [2.24, 2.45) is 5.92 Å². The Bertz CT molecular complexity index is 593. The van der Waals surface area contributed by atoms with Gasteiger partial charge in [0.25, 0.3) is 0 Å². The minimum atomic E-state index is -0.392. The molecule has 0 N–H and O–H groups in total. The first-order chi connectivity index (χ1) is 10.0. The number of methoxy groups -OCH3 is 1. The maximum absolute atomic E-state index is 13.8. The third kappa shape index (κ3) is 3.98. The molecule has 2 rings (SSSR count). The van der Waals surface area contributed by atoms with E-state index in [9.17, 15) is 4.39 Å². The summed E-state index contributed by atoms with van der Waals surface area (Å²) in [5.74, 6) is 0.463. The third-order valence-corrected chi connectivity index (χ3v) is 3.89. The Morgan fingerprint density at radius 2 is 1.67 bits per heavy atom. The van der Waals surface area contributed by atoms with Crippen molar-refractivity contribution >= 4 is 11.6 Å². The maximum atomic E-state index is 13.8. The van der Waals surface area contributed by atoms with Gasteiger partial charge in [-0.2, -0.15) is 0 Å². The molecular weight excluding hydrogens is 287 g/mol. The van der Waals surface area contributed by atoms with Crippen LogP contribution in [0.1, 0.15) is 35.9 Å². The van der Waals surface area contributed by atoms with Gasteiger partial charge in [-0.15, -0.1) is 11.6 Å². The van der Waals surface area contributed by atoms with Gasteiger partial charge in [-0.3, -0.25) is 0 Å². The first kappa shape index (κ1) is 15.8. The number of benzene rings is 2. The predicted octanol–water partition coefficient (Wildman–Crippen LogP) is 5.36. The van der Waals surface area contributed by atoms with Gasteiger partial charge in [-0.1, -0.05) is 44.2 Å². The van der Waals surface area contributed by atoms with Crippen LogP contribution in [0.25, 0.3) is 0 Å². The Morgan fingerprint density at radius 3 is 2.19 bits per heavy atom. The monoisotopic (exact) mass is 306 g/mol. The van der Waals surface area contributed by atoms with Crippen LogP contribution in [0, 0.1) is 11.7 Å². The molecule has 0 amide bonds. The minimum Gasteiger partial charge on any atom is -0.494 e. The summed E-state index contributed by atoms with van der Waals surface area (Å²) in [6.07, 6.45) is 1.05. The minimum absolute atomic E-state index is 0.231. The molecule has 0 saturated heterocycles. The van der Waals surface area contributed by atoms with Crippen LogP contribution in [-0.2, 0) is 6.42 Å². The van der Waals surface area contributed by atoms with Crippen LogP contribution in [0.3, 0.4) is 0 Å². The molecule has 0 heterocycles. The highest BCUT2D eigenvalue weighted by Gasteiger charge is 2.13. The fourth-order valence-corrected chi connectivity index (χ4v) is 2.61. The van der Waals surface area contributed by atoms with Crippen LogP contribution in [0.2, 0.25) is 0 Å². The average molecular weight is 307 g/mol. The summed E-state index contributed by atoms with van der Waals surface area (Å²) in [6.45, 7) is 4.39. The van der Waals surface area contributed by atoms with Crippen LogP contribution in [0.5, 0.6) is 5.75 Å². The lowest BCUT2D eigenvalue weighted by molar-refractivity contribution is 0.386. The van der Waals surface area contributed by atoms with Crippen molar-refractivity contribution in [3.63, 3.8) is 0 Å². The standard InChI is InChI=1S/C18H20ClFO/c1-12(2)10-13-4-6-14(7-5-13)18(19)15-8-9-17(21-3)16(20)11-15/h4-9,11-12,18H,10H2,1-3H3. The lowest BCUT2D eigenvalue weighted by Gasteiger charge is -2.13. The Hall–Kier alpha value is -1.54. The topological polar surface area (TPSA) is 9.23 Å². The zero-order valence-electron chi connectivity index (χ0n) is 12.6. The van der Waals surface area contributed by atoms with Gasteiger partial charge >= 0.3 is 0 Å². The van der Waals surface area contributed by atoms with E-state index in [1.54, 1.807) is 12.1 Å². The Morgan fingerprint density at radius 1 is 1.05 bits per heavy atom. The van der Waals surface area contributed by atoms with E-state index in [1.807, 2.05) is 12.1 Å². The molecule has 0 aliphatic heterocycles. The number of alkyl halides is 1. The van der Waals surface area contributed by atoms with Crippen molar-refractivity contribution in [3.8, 4) is 5.75 Å². The van der Waals surface area contributed by atoms with Crippen LogP contribution < -0.4 is 4.74 Å². The number of hydrogen-bond acceptors (Lipinski definition) is 1. The first-order valence-corrected chi connectivity index (χ1v) is 7.51. The highest BCUT2D eigenvalue weighted by atomic mass is 35.5. The molecule has 0 bridgehead atoms. The SMILES string of the molecule is COc1ccc(C(Cl)c2ccc(CC(C)C)cc2)cc1F. The molecule has 0 aliphatic rings. The maximum Gasteiger partial charge on any atom is 0.165 e. The smallest absolute Gasteiger partial charge is 0.165 e. The van der Waals surface area contributed by atoms with Gasteiger partial charge in [0.15, 0.2) is 11.6 Å². The van der Waals surface area contributed by atoms with Crippen molar-refractivity contribution < 1.29 is 9.13 Å². The molecule has 0 saturated carbocycles. The van der Waals surface area contributed by atoms with Gasteiger partial charge in [0.05, 0.1) is 12.5 Å². The number of halogens is 2. The van der Waals surface area contributed by atoms with E-state index in [2.05, 4.69) is 26.0 Å². The molecule has 1 nitrogen and oxygen atoms in total. The quantitative estimate of drug-likeness (QED) is 0.676. The highest BCUT2D eigenvalue weighted by molar-refractivity contribution is 6.22. The summed E-state index contributed by atoms with van der Waals surface area (Å²) in [7, 11) is 1.45. The molecule has 0 aliphatic carbocycles. The van der Waals surface area contributed by atoms with Crippen molar-refractivity contribution in [1.29, 1.82) is 0 Å². The Labute approximate surface area is 130 Å². The van der Waals surface area contributed by atoms with Crippen molar-refractivity contribution in [1.82, 2.24) is 0 Å². The van der Waals surface area contributed by atoms with Crippen molar-refractivity contribution in [3.05, 3.63) is 65.0 Å². The summed E-state index contributed by atoms with van der Waals surface area (Å²) < 4.78 is 18.7. The summed E-state index contributed by atoms with van der Waals surface area (Å²) >= 11 is 6.45. The number of rotatable bonds is 5. The summed E-state index contributed by atoms with van der Waals surface area (Å²) in [4.78, 5) is 0. The van der Waals surface area contributed by atoms with Gasteiger partial charge in [0.2, 0.25) is 0 Å². The summed E-state index contributed by atoms with van der Waals surface area (Å²) in [5, 5.41) is -0.362. The molecule has 0 radical (unpaired) electrons. The molecule has 2 aromatic carbocycles. The fraction of sp³-hybridized carbons (Fsp3) is 0.333. The molecule has 0 spiro atoms. The van der Waals surface area contributed by atoms with Crippen LogP contribution in [0.15, 0.2) is 42.5 Å². The van der Waals surface area contributed by atoms with Crippen LogP contribution >= 0.6 is 11.6 Å². The van der Waals surface area contributed by atoms with Crippen molar-refractivity contribution in [2.75, 3.05) is 7.11 Å². The molecular formula is C18H20ClFO. The molecule has 1 atom stereocenters. The first-order valence-electron chi connectivity index (χ1n) is 7.07. The molecule has 21 heavy (non-hydrogen) atoms. The highest BCUT2D eigenvalue weighted by Crippen LogP contribution is 2.31. The lowest BCUT2D eigenvalue weighted by atomic mass is 9.99. The van der Waals surface area contributed by atoms with E-state index in [0.29, 0.717) is 5.92 Å². The second-order valence-corrected chi connectivity index (χ2v) is 6.03. The Kier molecular flexibility index (Phi) is 5.24. The normalized spacial score (nSPS) is 12.5. The number of hydrogen-bond donors (Lipinski definition) is 0. The van der Waals surface area contributed by atoms with E-state index in [4.69, 9.17) is 16.3 Å². The van der Waals surface area contributed by atoms with Gasteiger partial charge in [0, 0.05) is 0 Å². The van der Waals surface area contributed by atoms with Gasteiger partial charge in [0.1, 0.15) is 0 Å². The second kappa shape index (κ2) is 6.95. The molecule has 112 valence electrons. The zero-order chi connectivity index (χ0) is 15.4. The molecule has 2 aromatic rings. The number of ether oxygens (including phenoxy) is 1. The van der Waals surface area contributed by atoms with Crippen molar-refractivity contribution in [2.45, 2.75) is 25.6 Å². The van der Waals surface area contributed by atoms with Gasteiger partial charge in [-0.25, -0.2) is 4.39 Å². The molecule has 0 aromatic heterocycles. The molecule has 1 unspecified atom stereocenters. The lowest BCUT2D eigenvalue weighted by Crippen LogP contribution is -1.98. The Balaban J connectivity index is 2.19.